The van der Waals surface area contributed by atoms with Crippen LogP contribution in [0.2, 0.25) is 0 Å². The maximum Gasteiger partial charge on any atom is 0.346 e. The first kappa shape index (κ1) is 21.6. The molecule has 0 unspecified atom stereocenters. The van der Waals surface area contributed by atoms with Crippen LogP contribution in [0.5, 0.6) is 0 Å². The Hall–Kier alpha value is -4.29. The first-order chi connectivity index (χ1) is 16.5. The molecule has 34 heavy (non-hydrogen) atoms. The lowest BCUT2D eigenvalue weighted by Gasteiger charge is -2.23. The van der Waals surface area contributed by atoms with Gasteiger partial charge in [-0.1, -0.05) is 12.0 Å². The standard InChI is InChI=1S/C25H19F2N5O2/c1-16-4-6-21(13-17(16)5-7-22-15-28-24-3-2-9-29-31(22)24)30-25(33)32-23(8-10-34-32)18-11-19(26)14-20(27)12-18/h2-4,6,9,11-15,23H,8,10H2,1H3,(H,30,33)/t23-/m0/s1. The zero-order chi connectivity index (χ0) is 23.7. The molecule has 2 aromatic heterocycles. The molecule has 9 heteroatoms. The van der Waals surface area contributed by atoms with E-state index in [1.54, 1.807) is 35.1 Å². The number of amides is 2. The third-order valence-corrected chi connectivity index (χ3v) is 5.47. The number of hydrogen-bond donors (Lipinski definition) is 1. The molecule has 0 spiro atoms. The lowest BCUT2D eigenvalue weighted by molar-refractivity contribution is -0.0830. The Bertz CT molecular complexity index is 1440. The summed E-state index contributed by atoms with van der Waals surface area (Å²) in [5, 5.41) is 8.14. The van der Waals surface area contributed by atoms with Crippen molar-refractivity contribution in [3.05, 3.63) is 94.9 Å². The fourth-order valence-electron chi connectivity index (χ4n) is 3.80. The van der Waals surface area contributed by atoms with E-state index in [9.17, 15) is 13.6 Å². The van der Waals surface area contributed by atoms with Gasteiger partial charge < -0.3 is 5.32 Å². The molecule has 3 heterocycles. The minimum atomic E-state index is -0.704. The van der Waals surface area contributed by atoms with Crippen LogP contribution in [0.3, 0.4) is 0 Å². The van der Waals surface area contributed by atoms with E-state index in [-0.39, 0.29) is 6.61 Å². The lowest BCUT2D eigenvalue weighted by Crippen LogP contribution is -2.33. The van der Waals surface area contributed by atoms with Crippen molar-refractivity contribution in [1.82, 2.24) is 19.7 Å². The summed E-state index contributed by atoms with van der Waals surface area (Å²) in [5.74, 6) is 4.77. The number of carbonyl (C=O) groups is 1. The summed E-state index contributed by atoms with van der Waals surface area (Å²) in [7, 11) is 0. The number of aromatic nitrogens is 3. The van der Waals surface area contributed by atoms with Crippen LogP contribution < -0.4 is 5.32 Å². The number of nitrogens with zero attached hydrogens (tertiary/aromatic N) is 4. The van der Waals surface area contributed by atoms with Gasteiger partial charge in [-0.2, -0.15) is 10.2 Å². The van der Waals surface area contributed by atoms with Crippen molar-refractivity contribution < 1.29 is 18.4 Å². The van der Waals surface area contributed by atoms with E-state index in [4.69, 9.17) is 4.84 Å². The number of benzene rings is 2. The van der Waals surface area contributed by atoms with Crippen molar-refractivity contribution >= 4 is 17.4 Å². The maximum atomic E-state index is 13.7. The lowest BCUT2D eigenvalue weighted by atomic mass is 10.0. The molecule has 0 radical (unpaired) electrons. The Labute approximate surface area is 193 Å². The van der Waals surface area contributed by atoms with E-state index < -0.39 is 23.7 Å². The predicted octanol–water partition coefficient (Wildman–Crippen LogP) is 4.63. The van der Waals surface area contributed by atoms with Crippen LogP contribution in [0.15, 0.2) is 60.9 Å². The van der Waals surface area contributed by atoms with Crippen LogP contribution >= 0.6 is 0 Å². The average molecular weight is 459 g/mol. The predicted molar refractivity (Wildman–Crippen MR) is 121 cm³/mol. The first-order valence-corrected chi connectivity index (χ1v) is 10.6. The number of carbonyl (C=O) groups excluding carboxylic acids is 1. The highest BCUT2D eigenvalue weighted by molar-refractivity contribution is 5.89. The third kappa shape index (κ3) is 4.31. The molecule has 1 atom stereocenters. The Kier molecular flexibility index (Phi) is 5.65. The number of urea groups is 1. The molecule has 0 aliphatic carbocycles. The summed E-state index contributed by atoms with van der Waals surface area (Å²) < 4.78 is 29.0. The number of halogens is 2. The van der Waals surface area contributed by atoms with E-state index in [1.807, 2.05) is 19.1 Å². The average Bonchev–Trinajstić information content (AvgIpc) is 3.46. The molecule has 4 aromatic rings. The molecule has 0 saturated carbocycles. The quantitative estimate of drug-likeness (QED) is 0.444. The fraction of sp³-hybridized carbons (Fsp3) is 0.160. The zero-order valence-corrected chi connectivity index (χ0v) is 18.1. The van der Waals surface area contributed by atoms with Crippen LogP contribution in [0, 0.1) is 30.4 Å². The second kappa shape index (κ2) is 8.92. The van der Waals surface area contributed by atoms with Gasteiger partial charge in [0.15, 0.2) is 5.65 Å². The first-order valence-electron chi connectivity index (χ1n) is 10.6. The number of fused-ring (bicyclic) bond motifs is 1. The van der Waals surface area contributed by atoms with Crippen molar-refractivity contribution in [1.29, 1.82) is 0 Å². The van der Waals surface area contributed by atoms with Crippen LogP contribution in [0.25, 0.3) is 5.65 Å². The highest BCUT2D eigenvalue weighted by atomic mass is 19.1. The Morgan fingerprint density at radius 3 is 2.79 bits per heavy atom. The van der Waals surface area contributed by atoms with Crippen molar-refractivity contribution in [2.24, 2.45) is 0 Å². The Balaban J connectivity index is 1.36. The highest BCUT2D eigenvalue weighted by Crippen LogP contribution is 2.32. The van der Waals surface area contributed by atoms with E-state index in [0.717, 1.165) is 22.3 Å². The van der Waals surface area contributed by atoms with Gasteiger partial charge in [-0.15, -0.1) is 0 Å². The second-order valence-electron chi connectivity index (χ2n) is 7.81. The number of hydrogen-bond acceptors (Lipinski definition) is 4. The molecule has 5 rings (SSSR count). The molecule has 1 N–H and O–H groups in total. The smallest absolute Gasteiger partial charge is 0.306 e. The molecule has 2 aromatic carbocycles. The number of nitrogens with one attached hydrogen (secondary N) is 1. The summed E-state index contributed by atoms with van der Waals surface area (Å²) in [6, 6.07) is 11.1. The summed E-state index contributed by atoms with van der Waals surface area (Å²) >= 11 is 0. The number of imidazole rings is 1. The largest absolute Gasteiger partial charge is 0.346 e. The summed E-state index contributed by atoms with van der Waals surface area (Å²) in [5.41, 5.74) is 3.83. The van der Waals surface area contributed by atoms with Gasteiger partial charge >= 0.3 is 6.03 Å². The van der Waals surface area contributed by atoms with Crippen LogP contribution in [-0.4, -0.2) is 32.3 Å². The zero-order valence-electron chi connectivity index (χ0n) is 18.1. The minimum Gasteiger partial charge on any atom is -0.306 e. The molecule has 1 saturated heterocycles. The van der Waals surface area contributed by atoms with E-state index >= 15 is 0 Å². The van der Waals surface area contributed by atoms with Gasteiger partial charge in [-0.25, -0.2) is 23.1 Å². The molecule has 0 bridgehead atoms. The minimum absolute atomic E-state index is 0.258. The SMILES string of the molecule is Cc1ccc(NC(=O)N2OCC[C@H]2c2cc(F)cc(F)c2)cc1C#Cc1cnc2cccnn12. The maximum absolute atomic E-state index is 13.7. The Morgan fingerprint density at radius 2 is 1.97 bits per heavy atom. The van der Waals surface area contributed by atoms with E-state index in [1.165, 1.54) is 12.1 Å². The van der Waals surface area contributed by atoms with Gasteiger partial charge in [0.2, 0.25) is 0 Å². The fourth-order valence-corrected chi connectivity index (χ4v) is 3.80. The van der Waals surface area contributed by atoms with Gasteiger partial charge in [0, 0.05) is 29.9 Å². The number of rotatable bonds is 2. The third-order valence-electron chi connectivity index (χ3n) is 5.47. The normalized spacial score (nSPS) is 15.3. The van der Waals surface area contributed by atoms with E-state index in [2.05, 4.69) is 27.2 Å². The number of hydroxylamine groups is 2. The molecule has 2 amide bonds. The monoisotopic (exact) mass is 459 g/mol. The van der Waals surface area contributed by atoms with Gasteiger partial charge in [0.1, 0.15) is 17.3 Å². The summed E-state index contributed by atoms with van der Waals surface area (Å²) in [4.78, 5) is 22.6. The van der Waals surface area contributed by atoms with Crippen LogP contribution in [-0.2, 0) is 4.84 Å². The number of aryl methyl sites for hydroxylation is 1. The molecule has 170 valence electrons. The van der Waals surface area contributed by atoms with Crippen molar-refractivity contribution in [2.45, 2.75) is 19.4 Å². The molecular formula is C25H19F2N5O2. The molecule has 1 aliphatic rings. The van der Waals surface area contributed by atoms with Gasteiger partial charge in [0.05, 0.1) is 18.8 Å². The summed E-state index contributed by atoms with van der Waals surface area (Å²) in [6.07, 6.45) is 3.73. The van der Waals surface area contributed by atoms with Crippen LogP contribution in [0.4, 0.5) is 19.3 Å². The van der Waals surface area contributed by atoms with E-state index in [0.29, 0.717) is 29.0 Å². The molecule has 1 aliphatic heterocycles. The van der Waals surface area contributed by atoms with Gasteiger partial charge in [-0.05, 0) is 60.4 Å². The van der Waals surface area contributed by atoms with Crippen molar-refractivity contribution in [2.75, 3.05) is 11.9 Å². The van der Waals surface area contributed by atoms with Crippen molar-refractivity contribution in [3.8, 4) is 11.8 Å². The second-order valence-corrected chi connectivity index (χ2v) is 7.81. The Morgan fingerprint density at radius 1 is 1.15 bits per heavy atom. The summed E-state index contributed by atoms with van der Waals surface area (Å²) in [6.45, 7) is 2.18. The number of anilines is 1. The topological polar surface area (TPSA) is 71.8 Å². The molecule has 1 fully saturated rings. The van der Waals surface area contributed by atoms with Gasteiger partial charge in [0.25, 0.3) is 0 Å². The highest BCUT2D eigenvalue weighted by Gasteiger charge is 2.32. The van der Waals surface area contributed by atoms with Gasteiger partial charge in [-0.3, -0.25) is 4.84 Å². The molecule has 7 nitrogen and oxygen atoms in total. The van der Waals surface area contributed by atoms with Crippen molar-refractivity contribution in [3.63, 3.8) is 0 Å². The molecular weight excluding hydrogens is 440 g/mol. The van der Waals surface area contributed by atoms with Crippen LogP contribution in [0.1, 0.15) is 34.8 Å².